The van der Waals surface area contributed by atoms with Gasteiger partial charge < -0.3 is 19.3 Å². The lowest BCUT2D eigenvalue weighted by atomic mass is 9.90. The van der Waals surface area contributed by atoms with Crippen LogP contribution >= 0.6 is 0 Å². The fourth-order valence-corrected chi connectivity index (χ4v) is 2.57. The van der Waals surface area contributed by atoms with Gasteiger partial charge in [0, 0.05) is 25.7 Å². The summed E-state index contributed by atoms with van der Waals surface area (Å²) in [6.07, 6.45) is 4.39. The number of nitrogens with one attached hydrogen (secondary N) is 1. The lowest BCUT2D eigenvalue weighted by molar-refractivity contribution is -0.0895. The second kappa shape index (κ2) is 4.72. The Bertz CT molecular complexity index is 349. The van der Waals surface area contributed by atoms with Crippen molar-refractivity contribution in [1.82, 2.24) is 15.5 Å². The van der Waals surface area contributed by atoms with Crippen LogP contribution in [0.25, 0.3) is 0 Å². The third-order valence-electron chi connectivity index (χ3n) is 3.52. The van der Waals surface area contributed by atoms with E-state index >= 15 is 0 Å². The molecule has 0 amide bonds. The van der Waals surface area contributed by atoms with Crippen molar-refractivity contribution in [2.24, 2.45) is 0 Å². The maximum Gasteiger partial charge on any atom is 0.213 e. The summed E-state index contributed by atoms with van der Waals surface area (Å²) in [5, 5.41) is 7.24. The average Bonchev–Trinajstić information content (AvgIpc) is 2.99. The fourth-order valence-electron chi connectivity index (χ4n) is 2.57. The normalized spacial score (nSPS) is 33.3. The molecule has 1 N–H and O–H groups in total. The molecule has 0 bridgehead atoms. The minimum atomic E-state index is -0.0484. The zero-order chi connectivity index (χ0) is 11.6. The predicted octanol–water partition coefficient (Wildman–Crippen LogP) is 0.497. The molecule has 17 heavy (non-hydrogen) atoms. The quantitative estimate of drug-likeness (QED) is 0.828. The van der Waals surface area contributed by atoms with Gasteiger partial charge in [0.1, 0.15) is 0 Å². The molecule has 0 radical (unpaired) electrons. The van der Waals surface area contributed by atoms with Gasteiger partial charge in [-0.25, -0.2) is 0 Å². The van der Waals surface area contributed by atoms with E-state index in [1.807, 2.05) is 0 Å². The summed E-state index contributed by atoms with van der Waals surface area (Å²) in [6.45, 7) is 3.00. The molecule has 6 heteroatoms. The molecule has 2 saturated heterocycles. The smallest absolute Gasteiger partial charge is 0.213 e. The van der Waals surface area contributed by atoms with Gasteiger partial charge in [-0.3, -0.25) is 0 Å². The lowest BCUT2D eigenvalue weighted by Gasteiger charge is -2.37. The molecule has 2 atom stereocenters. The third-order valence-corrected chi connectivity index (χ3v) is 3.52. The maximum atomic E-state index is 5.88. The SMILES string of the molecule is c1nc(CNC2CCOC3(CCOC3)C2)no1. The molecule has 2 unspecified atom stereocenters. The third kappa shape index (κ3) is 2.48. The van der Waals surface area contributed by atoms with Gasteiger partial charge in [0.05, 0.1) is 18.8 Å². The van der Waals surface area contributed by atoms with Crippen LogP contribution in [0.15, 0.2) is 10.9 Å². The molecule has 0 aromatic carbocycles. The highest BCUT2D eigenvalue weighted by Crippen LogP contribution is 2.32. The lowest BCUT2D eigenvalue weighted by Crippen LogP contribution is -2.47. The molecule has 2 aliphatic rings. The zero-order valence-corrected chi connectivity index (χ0v) is 9.72. The molecule has 0 aliphatic carbocycles. The molecule has 0 saturated carbocycles. The molecule has 1 aromatic rings. The van der Waals surface area contributed by atoms with E-state index in [-0.39, 0.29) is 5.60 Å². The van der Waals surface area contributed by atoms with Gasteiger partial charge in [-0.1, -0.05) is 5.16 Å². The molecular weight excluding hydrogens is 222 g/mol. The van der Waals surface area contributed by atoms with E-state index in [9.17, 15) is 0 Å². The molecule has 1 aromatic heterocycles. The van der Waals surface area contributed by atoms with E-state index in [0.717, 1.165) is 39.1 Å². The van der Waals surface area contributed by atoms with Crippen LogP contribution in [0.3, 0.4) is 0 Å². The molecule has 6 nitrogen and oxygen atoms in total. The van der Waals surface area contributed by atoms with Crippen LogP contribution in [0, 0.1) is 0 Å². The molecule has 94 valence electrons. The number of aromatic nitrogens is 2. The number of hydrogen-bond donors (Lipinski definition) is 1. The zero-order valence-electron chi connectivity index (χ0n) is 9.72. The number of nitrogens with zero attached hydrogens (tertiary/aromatic N) is 2. The summed E-state index contributed by atoms with van der Waals surface area (Å²) in [5.41, 5.74) is -0.0484. The number of rotatable bonds is 3. The maximum absolute atomic E-state index is 5.88. The van der Waals surface area contributed by atoms with Crippen LogP contribution in [0.4, 0.5) is 0 Å². The highest BCUT2D eigenvalue weighted by atomic mass is 16.6. The van der Waals surface area contributed by atoms with Gasteiger partial charge in [-0.05, 0) is 12.8 Å². The fraction of sp³-hybridized carbons (Fsp3) is 0.818. The van der Waals surface area contributed by atoms with Crippen molar-refractivity contribution in [1.29, 1.82) is 0 Å². The number of ether oxygens (including phenoxy) is 2. The first-order valence-corrected chi connectivity index (χ1v) is 6.07. The topological polar surface area (TPSA) is 69.4 Å². The summed E-state index contributed by atoms with van der Waals surface area (Å²) in [6, 6.07) is 0.448. The van der Waals surface area contributed by atoms with Crippen LogP contribution in [0.1, 0.15) is 25.1 Å². The first-order valence-electron chi connectivity index (χ1n) is 6.07. The summed E-state index contributed by atoms with van der Waals surface area (Å²) in [4.78, 5) is 3.99. The van der Waals surface area contributed by atoms with Crippen molar-refractivity contribution in [2.75, 3.05) is 19.8 Å². The Hall–Kier alpha value is -0.980. The number of hydrogen-bond acceptors (Lipinski definition) is 6. The summed E-state index contributed by atoms with van der Waals surface area (Å²) >= 11 is 0. The Kier molecular flexibility index (Phi) is 3.09. The van der Waals surface area contributed by atoms with Gasteiger partial charge in [-0.2, -0.15) is 4.98 Å². The minimum absolute atomic E-state index is 0.0484. The average molecular weight is 239 g/mol. The molecule has 3 heterocycles. The highest BCUT2D eigenvalue weighted by Gasteiger charge is 2.40. The van der Waals surface area contributed by atoms with Crippen LogP contribution < -0.4 is 5.32 Å². The Balaban J connectivity index is 1.53. The van der Waals surface area contributed by atoms with E-state index in [1.165, 1.54) is 6.39 Å². The molecule has 3 rings (SSSR count). The first kappa shape index (κ1) is 11.1. The molecule has 1 spiro atoms. The second-order valence-corrected chi connectivity index (χ2v) is 4.75. The predicted molar refractivity (Wildman–Crippen MR) is 58.3 cm³/mol. The van der Waals surface area contributed by atoms with Crippen molar-refractivity contribution in [3.8, 4) is 0 Å². The Labute approximate surface area is 99.7 Å². The van der Waals surface area contributed by atoms with Crippen LogP contribution in [-0.4, -0.2) is 41.6 Å². The summed E-state index contributed by atoms with van der Waals surface area (Å²) < 4.78 is 16.0. The first-order chi connectivity index (χ1) is 8.36. The van der Waals surface area contributed by atoms with Crippen molar-refractivity contribution < 1.29 is 14.0 Å². The van der Waals surface area contributed by atoms with Crippen LogP contribution in [0.5, 0.6) is 0 Å². The highest BCUT2D eigenvalue weighted by molar-refractivity contribution is 4.93. The minimum Gasteiger partial charge on any atom is -0.378 e. The van der Waals surface area contributed by atoms with E-state index in [2.05, 4.69) is 15.5 Å². The van der Waals surface area contributed by atoms with Crippen molar-refractivity contribution in [3.63, 3.8) is 0 Å². The van der Waals surface area contributed by atoms with Crippen LogP contribution in [-0.2, 0) is 16.0 Å². The van der Waals surface area contributed by atoms with Gasteiger partial charge >= 0.3 is 0 Å². The molecule has 2 fully saturated rings. The molecule has 2 aliphatic heterocycles. The largest absolute Gasteiger partial charge is 0.378 e. The van der Waals surface area contributed by atoms with Gasteiger partial charge in [-0.15, -0.1) is 0 Å². The monoisotopic (exact) mass is 239 g/mol. The standard InChI is InChI=1S/C11H17N3O3/c1-3-16-11(2-4-15-7-11)5-9(1)12-6-10-13-8-17-14-10/h8-9,12H,1-7H2. The van der Waals surface area contributed by atoms with Gasteiger partial charge in [0.25, 0.3) is 0 Å². The van der Waals surface area contributed by atoms with Gasteiger partial charge in [0.15, 0.2) is 5.82 Å². The van der Waals surface area contributed by atoms with Crippen LogP contribution in [0.2, 0.25) is 0 Å². The van der Waals surface area contributed by atoms with Crippen molar-refractivity contribution >= 4 is 0 Å². The Morgan fingerprint density at radius 2 is 2.47 bits per heavy atom. The van der Waals surface area contributed by atoms with E-state index < -0.39 is 0 Å². The summed E-state index contributed by atoms with van der Waals surface area (Å²) in [5.74, 6) is 0.702. The van der Waals surface area contributed by atoms with E-state index in [0.29, 0.717) is 18.4 Å². The van der Waals surface area contributed by atoms with Gasteiger partial charge in [0.2, 0.25) is 6.39 Å². The van der Waals surface area contributed by atoms with Crippen molar-refractivity contribution in [3.05, 3.63) is 12.2 Å². The second-order valence-electron chi connectivity index (χ2n) is 4.75. The summed E-state index contributed by atoms with van der Waals surface area (Å²) in [7, 11) is 0. The molecular formula is C11H17N3O3. The Morgan fingerprint density at radius 1 is 1.47 bits per heavy atom. The van der Waals surface area contributed by atoms with E-state index in [1.54, 1.807) is 0 Å². The Morgan fingerprint density at radius 3 is 3.24 bits per heavy atom. The van der Waals surface area contributed by atoms with Crippen molar-refractivity contribution in [2.45, 2.75) is 37.5 Å². The van der Waals surface area contributed by atoms with E-state index in [4.69, 9.17) is 14.0 Å².